The largest absolute Gasteiger partial charge is 0.478 e. The Hall–Kier alpha value is -1.09. The number of hydrogen-bond donors (Lipinski definition) is 2. The van der Waals surface area contributed by atoms with Gasteiger partial charge in [-0.05, 0) is 55.9 Å². The quantitative estimate of drug-likeness (QED) is 0.555. The van der Waals surface area contributed by atoms with E-state index in [4.69, 9.17) is 5.11 Å². The van der Waals surface area contributed by atoms with Crippen LogP contribution in [0.25, 0.3) is 0 Å². The SMILES string of the molecule is C=C1CC[C@@H](C)C2C[C@@H](O)/C(=C(/C)C(=O)O)CC12. The van der Waals surface area contributed by atoms with E-state index in [0.29, 0.717) is 41.7 Å². The molecule has 0 radical (unpaired) electrons. The van der Waals surface area contributed by atoms with Crippen molar-refractivity contribution < 1.29 is 15.0 Å². The molecule has 0 aromatic rings. The van der Waals surface area contributed by atoms with E-state index in [2.05, 4.69) is 13.5 Å². The zero-order chi connectivity index (χ0) is 13.4. The summed E-state index contributed by atoms with van der Waals surface area (Å²) in [6, 6.07) is 0. The molecule has 2 fully saturated rings. The van der Waals surface area contributed by atoms with Crippen LogP contribution in [0.3, 0.4) is 0 Å². The molecule has 3 heteroatoms. The summed E-state index contributed by atoms with van der Waals surface area (Å²) in [4.78, 5) is 11.1. The molecule has 2 N–H and O–H groups in total. The summed E-state index contributed by atoms with van der Waals surface area (Å²) in [5.41, 5.74) is 2.26. The number of carboxylic acids is 1. The van der Waals surface area contributed by atoms with Crippen LogP contribution in [0, 0.1) is 17.8 Å². The van der Waals surface area contributed by atoms with Crippen LogP contribution in [0.1, 0.15) is 39.5 Å². The van der Waals surface area contributed by atoms with Crippen molar-refractivity contribution in [2.75, 3.05) is 0 Å². The minimum Gasteiger partial charge on any atom is -0.478 e. The lowest BCUT2D eigenvalue weighted by Gasteiger charge is -2.44. The number of aliphatic hydroxyl groups is 1. The van der Waals surface area contributed by atoms with E-state index in [-0.39, 0.29) is 0 Å². The van der Waals surface area contributed by atoms with E-state index in [9.17, 15) is 9.90 Å². The van der Waals surface area contributed by atoms with E-state index < -0.39 is 12.1 Å². The summed E-state index contributed by atoms with van der Waals surface area (Å²) in [6.07, 6.45) is 2.95. The second kappa shape index (κ2) is 4.88. The Kier molecular flexibility index (Phi) is 3.62. The van der Waals surface area contributed by atoms with Crippen molar-refractivity contribution in [1.29, 1.82) is 0 Å². The number of fused-ring (bicyclic) bond motifs is 1. The predicted molar refractivity (Wildman–Crippen MR) is 70.1 cm³/mol. The Labute approximate surface area is 108 Å². The number of carbonyl (C=O) groups is 1. The van der Waals surface area contributed by atoms with E-state index in [1.165, 1.54) is 5.57 Å². The van der Waals surface area contributed by atoms with Crippen molar-refractivity contribution in [3.8, 4) is 0 Å². The smallest absolute Gasteiger partial charge is 0.331 e. The molecule has 2 aliphatic rings. The number of carboxylic acid groups (broad SMARTS) is 1. The van der Waals surface area contributed by atoms with Gasteiger partial charge in [0.25, 0.3) is 0 Å². The number of aliphatic hydroxyl groups excluding tert-OH is 1. The highest BCUT2D eigenvalue weighted by atomic mass is 16.4. The summed E-state index contributed by atoms with van der Waals surface area (Å²) in [6.45, 7) is 7.97. The predicted octanol–water partition coefficient (Wildman–Crippen LogP) is 2.76. The normalized spacial score (nSPS) is 39.2. The first-order chi connectivity index (χ1) is 8.41. The highest BCUT2D eigenvalue weighted by Crippen LogP contribution is 2.47. The lowest BCUT2D eigenvalue weighted by molar-refractivity contribution is -0.132. The molecule has 3 nitrogen and oxygen atoms in total. The van der Waals surface area contributed by atoms with Crippen LogP contribution in [0.5, 0.6) is 0 Å². The fourth-order valence-corrected chi connectivity index (χ4v) is 3.52. The summed E-state index contributed by atoms with van der Waals surface area (Å²) < 4.78 is 0. The maximum atomic E-state index is 11.1. The molecule has 4 atom stereocenters. The molecule has 0 aromatic carbocycles. The fraction of sp³-hybridized carbons (Fsp3) is 0.667. The Bertz CT molecular complexity index is 408. The van der Waals surface area contributed by atoms with E-state index in [1.807, 2.05) is 0 Å². The Morgan fingerprint density at radius 3 is 2.72 bits per heavy atom. The van der Waals surface area contributed by atoms with Gasteiger partial charge in [-0.3, -0.25) is 0 Å². The van der Waals surface area contributed by atoms with E-state index >= 15 is 0 Å². The van der Waals surface area contributed by atoms with Gasteiger partial charge in [-0.2, -0.15) is 0 Å². The van der Waals surface area contributed by atoms with Gasteiger partial charge in [0, 0.05) is 5.57 Å². The molecule has 2 saturated carbocycles. The summed E-state index contributed by atoms with van der Waals surface area (Å²) >= 11 is 0. The molecule has 100 valence electrons. The van der Waals surface area contributed by atoms with Gasteiger partial charge in [-0.25, -0.2) is 4.79 Å². The minimum atomic E-state index is -0.919. The van der Waals surface area contributed by atoms with Crippen LogP contribution in [0.15, 0.2) is 23.3 Å². The van der Waals surface area contributed by atoms with Crippen LogP contribution < -0.4 is 0 Å². The van der Waals surface area contributed by atoms with Crippen molar-refractivity contribution in [2.45, 2.75) is 45.6 Å². The molecule has 0 spiro atoms. The minimum absolute atomic E-state index is 0.312. The third-order valence-corrected chi connectivity index (χ3v) is 4.83. The first kappa shape index (κ1) is 13.3. The van der Waals surface area contributed by atoms with Crippen LogP contribution in [-0.4, -0.2) is 22.3 Å². The first-order valence-electron chi connectivity index (χ1n) is 6.70. The molecule has 2 aliphatic carbocycles. The number of allylic oxidation sites excluding steroid dienone is 1. The van der Waals surface area contributed by atoms with Crippen molar-refractivity contribution in [2.24, 2.45) is 17.8 Å². The second-order valence-electron chi connectivity index (χ2n) is 5.86. The Balaban J connectivity index is 2.29. The average Bonchev–Trinajstić information content (AvgIpc) is 2.32. The van der Waals surface area contributed by atoms with Crippen LogP contribution >= 0.6 is 0 Å². The van der Waals surface area contributed by atoms with Crippen LogP contribution in [0.4, 0.5) is 0 Å². The zero-order valence-corrected chi connectivity index (χ0v) is 11.1. The monoisotopic (exact) mass is 250 g/mol. The van der Waals surface area contributed by atoms with Crippen molar-refractivity contribution in [3.63, 3.8) is 0 Å². The Morgan fingerprint density at radius 2 is 2.11 bits per heavy atom. The van der Waals surface area contributed by atoms with Crippen molar-refractivity contribution >= 4 is 5.97 Å². The molecule has 0 aromatic heterocycles. The lowest BCUT2D eigenvalue weighted by Crippen LogP contribution is -2.38. The molecular weight excluding hydrogens is 228 g/mol. The zero-order valence-electron chi connectivity index (χ0n) is 11.1. The Morgan fingerprint density at radius 1 is 1.44 bits per heavy atom. The van der Waals surface area contributed by atoms with E-state index in [1.54, 1.807) is 6.92 Å². The van der Waals surface area contributed by atoms with Crippen LogP contribution in [0.2, 0.25) is 0 Å². The van der Waals surface area contributed by atoms with Crippen LogP contribution in [-0.2, 0) is 4.79 Å². The molecule has 2 unspecified atom stereocenters. The van der Waals surface area contributed by atoms with Gasteiger partial charge in [0.15, 0.2) is 0 Å². The number of aliphatic carboxylic acids is 1. The third-order valence-electron chi connectivity index (χ3n) is 4.83. The maximum absolute atomic E-state index is 11.1. The standard InChI is InChI=1S/C15H22O3/c1-8-4-5-9(2)12-7-14(16)13(6-11(8)12)10(3)15(17)18/h9,11-12,14,16H,1,4-7H2,2-3H3,(H,17,18)/b13-10-/t9-,11?,12?,14-/m1/s1. The molecule has 18 heavy (non-hydrogen) atoms. The first-order valence-corrected chi connectivity index (χ1v) is 6.70. The molecule has 0 saturated heterocycles. The van der Waals surface area contributed by atoms with Crippen molar-refractivity contribution in [3.05, 3.63) is 23.3 Å². The number of hydrogen-bond acceptors (Lipinski definition) is 2. The highest BCUT2D eigenvalue weighted by molar-refractivity contribution is 5.87. The van der Waals surface area contributed by atoms with Gasteiger partial charge in [0.1, 0.15) is 0 Å². The molecule has 0 aliphatic heterocycles. The van der Waals surface area contributed by atoms with Gasteiger partial charge in [-0.15, -0.1) is 0 Å². The lowest BCUT2D eigenvalue weighted by atomic mass is 9.62. The van der Waals surface area contributed by atoms with Gasteiger partial charge in [0.2, 0.25) is 0 Å². The molecule has 0 amide bonds. The summed E-state index contributed by atoms with van der Waals surface area (Å²) in [7, 11) is 0. The average molecular weight is 250 g/mol. The second-order valence-corrected chi connectivity index (χ2v) is 5.86. The number of rotatable bonds is 1. The molecule has 2 rings (SSSR count). The fourth-order valence-electron chi connectivity index (χ4n) is 3.52. The maximum Gasteiger partial charge on any atom is 0.331 e. The van der Waals surface area contributed by atoms with Gasteiger partial charge >= 0.3 is 5.97 Å². The van der Waals surface area contributed by atoms with E-state index in [0.717, 1.165) is 12.8 Å². The highest BCUT2D eigenvalue weighted by Gasteiger charge is 2.40. The van der Waals surface area contributed by atoms with Gasteiger partial charge in [-0.1, -0.05) is 19.1 Å². The topological polar surface area (TPSA) is 57.5 Å². The van der Waals surface area contributed by atoms with Gasteiger partial charge in [0.05, 0.1) is 6.10 Å². The molecule has 0 bridgehead atoms. The van der Waals surface area contributed by atoms with Crippen molar-refractivity contribution in [1.82, 2.24) is 0 Å². The summed E-state index contributed by atoms with van der Waals surface area (Å²) in [5.74, 6) is 0.506. The molecular formula is C15H22O3. The molecule has 0 heterocycles. The summed E-state index contributed by atoms with van der Waals surface area (Å²) in [5, 5.41) is 19.3. The van der Waals surface area contributed by atoms with Gasteiger partial charge < -0.3 is 10.2 Å². The third kappa shape index (κ3) is 2.24.